The molecule has 0 unspecified atom stereocenters. The van der Waals surface area contributed by atoms with Gasteiger partial charge in [-0.2, -0.15) is 10.2 Å². The van der Waals surface area contributed by atoms with Crippen LogP contribution in [0.15, 0.2) is 70.0 Å². The van der Waals surface area contributed by atoms with Crippen molar-refractivity contribution < 1.29 is 4.79 Å². The first-order valence-corrected chi connectivity index (χ1v) is 11.5. The average Bonchev–Trinajstić information content (AvgIpc) is 3.29. The Hall–Kier alpha value is -2.13. The molecule has 0 saturated carbocycles. The second-order valence-corrected chi connectivity index (χ2v) is 9.37. The fourth-order valence-electron chi connectivity index (χ4n) is 2.99. The average molecular weight is 584 g/mol. The van der Waals surface area contributed by atoms with Gasteiger partial charge in [0, 0.05) is 18.0 Å². The molecule has 2 heterocycles. The molecule has 0 aliphatic rings. The monoisotopic (exact) mass is 581 g/mol. The molecule has 31 heavy (non-hydrogen) atoms. The third kappa shape index (κ3) is 5.57. The Morgan fingerprint density at radius 3 is 2.48 bits per heavy atom. The minimum atomic E-state index is -0.246. The Morgan fingerprint density at radius 1 is 0.968 bits per heavy atom. The number of benzene rings is 2. The number of halogens is 4. The molecule has 0 bridgehead atoms. The van der Waals surface area contributed by atoms with E-state index in [1.165, 1.54) is 0 Å². The fraction of sp³-hybridized carbons (Fsp3) is 0.0952. The van der Waals surface area contributed by atoms with Gasteiger partial charge in [-0.15, -0.1) is 0 Å². The molecule has 0 aliphatic heterocycles. The second kappa shape index (κ2) is 9.56. The number of carbonyl (C=O) groups excluding carboxylic acids is 1. The highest BCUT2D eigenvalue weighted by atomic mass is 79.9. The van der Waals surface area contributed by atoms with Gasteiger partial charge in [0.1, 0.15) is 0 Å². The minimum Gasteiger partial charge on any atom is -0.304 e. The van der Waals surface area contributed by atoms with Gasteiger partial charge in [-0.3, -0.25) is 14.2 Å². The molecule has 158 valence electrons. The van der Waals surface area contributed by atoms with Crippen LogP contribution in [0.3, 0.4) is 0 Å². The summed E-state index contributed by atoms with van der Waals surface area (Å²) in [5.41, 5.74) is 2.45. The number of hydrogen-bond acceptors (Lipinski definition) is 3. The van der Waals surface area contributed by atoms with Crippen LogP contribution in [0, 0.1) is 0 Å². The topological polar surface area (TPSA) is 64.7 Å². The van der Waals surface area contributed by atoms with E-state index in [2.05, 4.69) is 47.4 Å². The highest BCUT2D eigenvalue weighted by Crippen LogP contribution is 2.25. The summed E-state index contributed by atoms with van der Waals surface area (Å²) in [6, 6.07) is 12.8. The van der Waals surface area contributed by atoms with Crippen LogP contribution in [0.1, 0.15) is 21.5 Å². The molecule has 0 radical (unpaired) electrons. The summed E-state index contributed by atoms with van der Waals surface area (Å²) in [5, 5.41) is 12.5. The lowest BCUT2D eigenvalue weighted by Crippen LogP contribution is -2.14. The van der Waals surface area contributed by atoms with Crippen molar-refractivity contribution in [2.75, 3.05) is 5.32 Å². The summed E-state index contributed by atoms with van der Waals surface area (Å²) in [7, 11) is 0. The highest BCUT2D eigenvalue weighted by molar-refractivity contribution is 9.10. The number of hydrogen-bond donors (Lipinski definition) is 1. The van der Waals surface area contributed by atoms with Gasteiger partial charge in [0.2, 0.25) is 0 Å². The summed E-state index contributed by atoms with van der Waals surface area (Å²) in [4.78, 5) is 12.8. The molecule has 0 fully saturated rings. The van der Waals surface area contributed by atoms with E-state index in [0.717, 1.165) is 15.6 Å². The van der Waals surface area contributed by atoms with E-state index < -0.39 is 0 Å². The first-order chi connectivity index (χ1) is 14.9. The van der Waals surface area contributed by atoms with E-state index >= 15 is 0 Å². The van der Waals surface area contributed by atoms with Crippen LogP contribution in [-0.4, -0.2) is 25.5 Å². The molecule has 0 saturated heterocycles. The van der Waals surface area contributed by atoms with Gasteiger partial charge < -0.3 is 5.32 Å². The quantitative estimate of drug-likeness (QED) is 0.291. The van der Waals surface area contributed by atoms with Crippen LogP contribution in [0.2, 0.25) is 10.0 Å². The SMILES string of the molecule is O=C(Nc1nn(Cc2ccc(Cl)c(Cl)c2)cc1Br)c1cccc(Cn2cc(Br)cn2)c1. The number of nitrogens with one attached hydrogen (secondary N) is 1. The molecule has 6 nitrogen and oxygen atoms in total. The lowest BCUT2D eigenvalue weighted by Gasteiger charge is -2.07. The summed E-state index contributed by atoms with van der Waals surface area (Å²) < 4.78 is 5.09. The van der Waals surface area contributed by atoms with Gasteiger partial charge in [-0.25, -0.2) is 0 Å². The largest absolute Gasteiger partial charge is 0.304 e. The fourth-order valence-corrected chi connectivity index (χ4v) is 4.05. The lowest BCUT2D eigenvalue weighted by molar-refractivity contribution is 0.102. The Balaban J connectivity index is 1.46. The van der Waals surface area contributed by atoms with Crippen molar-refractivity contribution in [2.24, 2.45) is 0 Å². The zero-order chi connectivity index (χ0) is 22.0. The molecule has 1 amide bonds. The van der Waals surface area contributed by atoms with E-state index in [0.29, 0.717) is 39.0 Å². The van der Waals surface area contributed by atoms with Crippen molar-refractivity contribution in [1.82, 2.24) is 19.6 Å². The van der Waals surface area contributed by atoms with E-state index in [1.807, 2.05) is 30.5 Å². The van der Waals surface area contributed by atoms with E-state index in [9.17, 15) is 4.79 Å². The number of carbonyl (C=O) groups is 1. The van der Waals surface area contributed by atoms with Crippen molar-refractivity contribution >= 4 is 66.8 Å². The van der Waals surface area contributed by atoms with E-state index in [4.69, 9.17) is 23.2 Å². The third-order valence-corrected chi connectivity index (χ3v) is 6.14. The Labute approximate surface area is 205 Å². The van der Waals surface area contributed by atoms with Crippen molar-refractivity contribution in [3.63, 3.8) is 0 Å². The third-order valence-electron chi connectivity index (χ3n) is 4.41. The van der Waals surface area contributed by atoms with Gasteiger partial charge >= 0.3 is 0 Å². The lowest BCUT2D eigenvalue weighted by atomic mass is 10.1. The maximum Gasteiger partial charge on any atom is 0.256 e. The van der Waals surface area contributed by atoms with Crippen LogP contribution >= 0.6 is 55.1 Å². The van der Waals surface area contributed by atoms with Gasteiger partial charge in [0.25, 0.3) is 5.91 Å². The van der Waals surface area contributed by atoms with Gasteiger partial charge in [-0.1, -0.05) is 41.4 Å². The van der Waals surface area contributed by atoms with Crippen LogP contribution in [0.5, 0.6) is 0 Å². The summed E-state index contributed by atoms with van der Waals surface area (Å²) in [6.07, 6.45) is 5.40. The number of amides is 1. The predicted molar refractivity (Wildman–Crippen MR) is 129 cm³/mol. The van der Waals surface area contributed by atoms with Crippen molar-refractivity contribution in [2.45, 2.75) is 13.1 Å². The summed E-state index contributed by atoms with van der Waals surface area (Å²) in [6.45, 7) is 1.05. The first kappa shape index (κ1) is 22.1. The van der Waals surface area contributed by atoms with Crippen LogP contribution in [-0.2, 0) is 13.1 Å². The maximum absolute atomic E-state index is 12.8. The number of anilines is 1. The van der Waals surface area contributed by atoms with Crippen LogP contribution in [0.25, 0.3) is 0 Å². The zero-order valence-corrected chi connectivity index (χ0v) is 20.6. The van der Waals surface area contributed by atoms with Gasteiger partial charge in [0.05, 0.1) is 38.3 Å². The molecule has 0 atom stereocenters. The molecule has 2 aromatic carbocycles. The van der Waals surface area contributed by atoms with Crippen molar-refractivity contribution in [3.8, 4) is 0 Å². The number of aromatic nitrogens is 4. The van der Waals surface area contributed by atoms with Crippen molar-refractivity contribution in [1.29, 1.82) is 0 Å². The number of rotatable bonds is 6. The Bertz CT molecular complexity index is 1250. The second-order valence-electron chi connectivity index (χ2n) is 6.78. The van der Waals surface area contributed by atoms with Gasteiger partial charge in [-0.05, 0) is 67.3 Å². The molecule has 4 aromatic rings. The molecule has 0 aliphatic carbocycles. The molecule has 1 N–H and O–H groups in total. The Morgan fingerprint density at radius 2 is 1.74 bits per heavy atom. The summed E-state index contributed by atoms with van der Waals surface area (Å²) in [5.74, 6) is 0.190. The number of nitrogens with zero attached hydrogens (tertiary/aromatic N) is 4. The first-order valence-electron chi connectivity index (χ1n) is 9.12. The normalized spacial score (nSPS) is 11.0. The predicted octanol–water partition coefficient (Wildman–Crippen LogP) is 6.26. The zero-order valence-electron chi connectivity index (χ0n) is 15.9. The van der Waals surface area contributed by atoms with E-state index in [1.54, 1.807) is 40.0 Å². The molecular weight excluding hydrogens is 569 g/mol. The molecular formula is C21H15Br2Cl2N5O. The molecule has 4 rings (SSSR count). The summed E-state index contributed by atoms with van der Waals surface area (Å²) >= 11 is 18.9. The Kier molecular flexibility index (Phi) is 6.81. The van der Waals surface area contributed by atoms with E-state index in [-0.39, 0.29) is 5.91 Å². The van der Waals surface area contributed by atoms with Crippen LogP contribution in [0.4, 0.5) is 5.82 Å². The maximum atomic E-state index is 12.8. The van der Waals surface area contributed by atoms with Gasteiger partial charge in [0.15, 0.2) is 5.82 Å². The minimum absolute atomic E-state index is 0.246. The molecule has 2 aromatic heterocycles. The van der Waals surface area contributed by atoms with Crippen molar-refractivity contribution in [3.05, 3.63) is 96.7 Å². The molecule has 10 heteroatoms. The highest BCUT2D eigenvalue weighted by Gasteiger charge is 2.13. The van der Waals surface area contributed by atoms with Crippen LogP contribution < -0.4 is 5.32 Å². The standard InChI is InChI=1S/C21H15Br2Cl2N5O/c22-16-8-26-29(11-16)9-13-2-1-3-15(6-13)21(31)27-20-17(23)12-30(28-20)10-14-4-5-18(24)19(25)7-14/h1-8,11-12H,9-10H2,(H,27,28,31). The smallest absolute Gasteiger partial charge is 0.256 e. The molecule has 0 spiro atoms.